The van der Waals surface area contributed by atoms with E-state index in [4.69, 9.17) is 0 Å². The lowest BCUT2D eigenvalue weighted by Gasteiger charge is -2.27. The molecule has 0 aliphatic heterocycles. The van der Waals surface area contributed by atoms with Crippen LogP contribution in [0, 0.1) is 0 Å². The number of guanidine groups is 1. The summed E-state index contributed by atoms with van der Waals surface area (Å²) in [5, 5.41) is 6.50. The van der Waals surface area contributed by atoms with Crippen molar-refractivity contribution in [2.24, 2.45) is 4.99 Å². The number of nitrogens with one attached hydrogen (secondary N) is 2. The summed E-state index contributed by atoms with van der Waals surface area (Å²) in [6.45, 7) is 9.62. The second-order valence-electron chi connectivity index (χ2n) is 4.99. The minimum atomic E-state index is 0. The fourth-order valence-electron chi connectivity index (χ4n) is 1.71. The largest absolute Gasteiger partial charge is 0.356 e. The molecule has 3 nitrogen and oxygen atoms in total. The SMILES string of the molecule is C=CCNC(=NC)NCC(C)(C)c1cccc(Br)c1.I. The highest BCUT2D eigenvalue weighted by Gasteiger charge is 2.20. The lowest BCUT2D eigenvalue weighted by Crippen LogP contribution is -2.43. The molecule has 20 heavy (non-hydrogen) atoms. The highest BCUT2D eigenvalue weighted by atomic mass is 127. The smallest absolute Gasteiger partial charge is 0.191 e. The van der Waals surface area contributed by atoms with Gasteiger partial charge in [0.25, 0.3) is 0 Å². The lowest BCUT2D eigenvalue weighted by molar-refractivity contribution is 0.509. The fraction of sp³-hybridized carbons (Fsp3) is 0.400. The summed E-state index contributed by atoms with van der Waals surface area (Å²) in [6, 6.07) is 8.40. The van der Waals surface area contributed by atoms with Crippen LogP contribution in [-0.4, -0.2) is 26.1 Å². The van der Waals surface area contributed by atoms with Gasteiger partial charge in [-0.15, -0.1) is 30.6 Å². The van der Waals surface area contributed by atoms with Gasteiger partial charge in [0, 0.05) is 30.0 Å². The summed E-state index contributed by atoms with van der Waals surface area (Å²) >= 11 is 3.51. The molecule has 0 saturated carbocycles. The molecule has 112 valence electrons. The Morgan fingerprint density at radius 2 is 2.10 bits per heavy atom. The fourth-order valence-corrected chi connectivity index (χ4v) is 2.10. The Hall–Kier alpha value is -0.560. The number of halogens is 2. The monoisotopic (exact) mass is 451 g/mol. The molecule has 2 N–H and O–H groups in total. The Morgan fingerprint density at radius 1 is 1.40 bits per heavy atom. The second kappa shape index (κ2) is 9.39. The van der Waals surface area contributed by atoms with Crippen molar-refractivity contribution in [3.05, 3.63) is 47.0 Å². The molecule has 5 heteroatoms. The van der Waals surface area contributed by atoms with E-state index < -0.39 is 0 Å². The van der Waals surface area contributed by atoms with E-state index in [1.54, 1.807) is 7.05 Å². The maximum Gasteiger partial charge on any atom is 0.191 e. The van der Waals surface area contributed by atoms with Crippen LogP contribution in [-0.2, 0) is 5.41 Å². The van der Waals surface area contributed by atoms with Crippen molar-refractivity contribution in [2.75, 3.05) is 20.1 Å². The Bertz CT molecular complexity index is 458. The topological polar surface area (TPSA) is 36.4 Å². The first-order chi connectivity index (χ1) is 8.99. The molecule has 0 spiro atoms. The summed E-state index contributed by atoms with van der Waals surface area (Å²) in [5.41, 5.74) is 1.31. The Kier molecular flexibility index (Phi) is 9.13. The van der Waals surface area contributed by atoms with Crippen molar-refractivity contribution in [3.63, 3.8) is 0 Å². The average molecular weight is 452 g/mol. The number of rotatable bonds is 5. The van der Waals surface area contributed by atoms with E-state index in [-0.39, 0.29) is 29.4 Å². The standard InChI is InChI=1S/C15H22BrN3.HI/c1-5-9-18-14(17-4)19-11-15(2,3)12-7-6-8-13(16)10-12;/h5-8,10H,1,9,11H2,2-4H3,(H2,17,18,19);1H. The first-order valence-corrected chi connectivity index (χ1v) is 7.10. The second-order valence-corrected chi connectivity index (χ2v) is 5.91. The molecule has 0 unspecified atom stereocenters. The third-order valence-electron chi connectivity index (χ3n) is 2.94. The van der Waals surface area contributed by atoms with Gasteiger partial charge in [-0.05, 0) is 17.7 Å². The molecule has 0 saturated heterocycles. The van der Waals surface area contributed by atoms with Gasteiger partial charge < -0.3 is 10.6 Å². The first-order valence-electron chi connectivity index (χ1n) is 6.31. The molecule has 1 aromatic rings. The summed E-state index contributed by atoms with van der Waals surface area (Å²) in [5.74, 6) is 0.794. The zero-order valence-corrected chi connectivity index (χ0v) is 16.2. The number of nitrogens with zero attached hydrogens (tertiary/aromatic N) is 1. The van der Waals surface area contributed by atoms with Crippen molar-refractivity contribution in [3.8, 4) is 0 Å². The maximum absolute atomic E-state index is 4.18. The zero-order chi connectivity index (χ0) is 14.3. The third-order valence-corrected chi connectivity index (χ3v) is 3.43. The van der Waals surface area contributed by atoms with Crippen LogP contribution in [0.1, 0.15) is 19.4 Å². The molecule has 0 aromatic heterocycles. The van der Waals surface area contributed by atoms with E-state index in [1.165, 1.54) is 5.56 Å². The Labute approximate surface area is 147 Å². The van der Waals surface area contributed by atoms with Crippen molar-refractivity contribution < 1.29 is 0 Å². The first kappa shape index (κ1) is 19.4. The normalized spacial score (nSPS) is 11.5. The number of hydrogen-bond acceptors (Lipinski definition) is 1. The van der Waals surface area contributed by atoms with Gasteiger partial charge in [-0.3, -0.25) is 4.99 Å². The van der Waals surface area contributed by atoms with Gasteiger partial charge in [-0.2, -0.15) is 0 Å². The number of hydrogen-bond donors (Lipinski definition) is 2. The zero-order valence-electron chi connectivity index (χ0n) is 12.2. The molecule has 0 aliphatic rings. The number of aliphatic imine (C=N–C) groups is 1. The van der Waals surface area contributed by atoms with Gasteiger partial charge in [0.05, 0.1) is 0 Å². The number of benzene rings is 1. The molecule has 1 aromatic carbocycles. The minimum absolute atomic E-state index is 0. The van der Waals surface area contributed by atoms with Crippen molar-refractivity contribution in [2.45, 2.75) is 19.3 Å². The highest BCUT2D eigenvalue weighted by molar-refractivity contribution is 14.0. The van der Waals surface area contributed by atoms with Crippen LogP contribution in [0.4, 0.5) is 0 Å². The third kappa shape index (κ3) is 6.26. The Balaban J connectivity index is 0.00000361. The van der Waals surface area contributed by atoms with Gasteiger partial charge in [0.1, 0.15) is 0 Å². The van der Waals surface area contributed by atoms with Gasteiger partial charge in [0.2, 0.25) is 0 Å². The molecule has 0 aliphatic carbocycles. The quantitative estimate of drug-likeness (QED) is 0.310. The molecule has 1 rings (SSSR count). The molecule has 0 bridgehead atoms. The van der Waals surface area contributed by atoms with Crippen LogP contribution in [0.5, 0.6) is 0 Å². The molecule has 0 fully saturated rings. The van der Waals surface area contributed by atoms with Crippen LogP contribution in [0.2, 0.25) is 0 Å². The lowest BCUT2D eigenvalue weighted by atomic mass is 9.85. The minimum Gasteiger partial charge on any atom is -0.356 e. The molecule has 0 atom stereocenters. The highest BCUT2D eigenvalue weighted by Crippen LogP contribution is 2.24. The van der Waals surface area contributed by atoms with Crippen LogP contribution >= 0.6 is 39.9 Å². The van der Waals surface area contributed by atoms with Crippen LogP contribution < -0.4 is 10.6 Å². The predicted octanol–water partition coefficient (Wildman–Crippen LogP) is 3.70. The van der Waals surface area contributed by atoms with Crippen molar-refractivity contribution in [1.29, 1.82) is 0 Å². The molecule has 0 heterocycles. The summed E-state index contributed by atoms with van der Waals surface area (Å²) in [6.07, 6.45) is 1.81. The van der Waals surface area contributed by atoms with E-state index in [1.807, 2.05) is 12.1 Å². The summed E-state index contributed by atoms with van der Waals surface area (Å²) in [4.78, 5) is 4.18. The summed E-state index contributed by atoms with van der Waals surface area (Å²) < 4.78 is 1.10. The molecular formula is C15H23BrIN3. The van der Waals surface area contributed by atoms with E-state index in [0.29, 0.717) is 6.54 Å². The van der Waals surface area contributed by atoms with E-state index >= 15 is 0 Å². The van der Waals surface area contributed by atoms with E-state index in [9.17, 15) is 0 Å². The van der Waals surface area contributed by atoms with Crippen LogP contribution in [0.3, 0.4) is 0 Å². The molecule has 0 amide bonds. The van der Waals surface area contributed by atoms with Crippen molar-refractivity contribution >= 4 is 45.9 Å². The predicted molar refractivity (Wildman–Crippen MR) is 102 cm³/mol. The Morgan fingerprint density at radius 3 is 2.65 bits per heavy atom. The molecular weight excluding hydrogens is 429 g/mol. The van der Waals surface area contributed by atoms with Crippen LogP contribution in [0.15, 0.2) is 46.4 Å². The van der Waals surface area contributed by atoms with Gasteiger partial charge in [0.15, 0.2) is 5.96 Å². The maximum atomic E-state index is 4.18. The average Bonchev–Trinajstić information content (AvgIpc) is 2.39. The van der Waals surface area contributed by atoms with Crippen molar-refractivity contribution in [1.82, 2.24) is 10.6 Å². The van der Waals surface area contributed by atoms with Gasteiger partial charge >= 0.3 is 0 Å². The van der Waals surface area contributed by atoms with Gasteiger partial charge in [-0.1, -0.05) is 48.0 Å². The van der Waals surface area contributed by atoms with E-state index in [2.05, 4.69) is 70.2 Å². The van der Waals surface area contributed by atoms with Crippen LogP contribution in [0.25, 0.3) is 0 Å². The molecule has 0 radical (unpaired) electrons. The summed E-state index contributed by atoms with van der Waals surface area (Å²) in [7, 11) is 1.77. The van der Waals surface area contributed by atoms with Gasteiger partial charge in [-0.25, -0.2) is 0 Å². The van der Waals surface area contributed by atoms with E-state index in [0.717, 1.165) is 17.0 Å².